The van der Waals surface area contributed by atoms with Gasteiger partial charge in [0.1, 0.15) is 0 Å². The molecule has 4 nitrogen and oxygen atoms in total. The molecule has 1 heterocycles. The Kier molecular flexibility index (Phi) is 3.52. The van der Waals surface area contributed by atoms with Gasteiger partial charge in [0.25, 0.3) is 0 Å². The maximum absolute atomic E-state index is 11.2. The molecule has 0 spiro atoms. The average Bonchev–Trinajstić information content (AvgIpc) is 2.78. The highest BCUT2D eigenvalue weighted by Gasteiger charge is 2.60. The molecule has 2 atom stereocenters. The zero-order valence-electron chi connectivity index (χ0n) is 13.2. The van der Waals surface area contributed by atoms with Crippen LogP contribution in [0.5, 0.6) is 0 Å². The van der Waals surface area contributed by atoms with Crippen molar-refractivity contribution in [2.75, 3.05) is 5.32 Å². The first kappa shape index (κ1) is 15.1. The van der Waals surface area contributed by atoms with E-state index in [9.17, 15) is 4.79 Å². The molecule has 1 saturated carbocycles. The minimum atomic E-state index is -0.123. The number of aryl methyl sites for hydroxylation is 1. The van der Waals surface area contributed by atoms with Gasteiger partial charge in [-0.05, 0) is 36.0 Å². The van der Waals surface area contributed by atoms with E-state index >= 15 is 0 Å². The van der Waals surface area contributed by atoms with E-state index in [4.69, 9.17) is 11.6 Å². The van der Waals surface area contributed by atoms with E-state index in [1.165, 1.54) is 12.5 Å². The second kappa shape index (κ2) is 5.13. The Morgan fingerprint density at radius 2 is 2.09 bits per heavy atom. The van der Waals surface area contributed by atoms with Crippen LogP contribution in [0.4, 0.5) is 5.95 Å². The summed E-state index contributed by atoms with van der Waals surface area (Å²) in [6, 6.07) is 8.03. The van der Waals surface area contributed by atoms with Gasteiger partial charge in [0, 0.05) is 23.6 Å². The molecule has 2 N–H and O–H groups in total. The molecule has 116 valence electrons. The molecule has 1 aromatic carbocycles. The quantitative estimate of drug-likeness (QED) is 0.889. The molecule has 1 fully saturated rings. The molecule has 0 radical (unpaired) electrons. The minimum Gasteiger partial charge on any atom is -0.328 e. The fourth-order valence-corrected chi connectivity index (χ4v) is 3.67. The third-order valence-corrected chi connectivity index (χ3v) is 4.78. The number of aromatic nitrogens is 2. The van der Waals surface area contributed by atoms with Crippen molar-refractivity contribution >= 4 is 23.5 Å². The first-order chi connectivity index (χ1) is 10.3. The Labute approximate surface area is 135 Å². The average molecular weight is 318 g/mol. The summed E-state index contributed by atoms with van der Waals surface area (Å²) in [5.41, 5.74) is 3.40. The predicted octanol–water partition coefficient (Wildman–Crippen LogP) is 4.24. The van der Waals surface area contributed by atoms with E-state index in [0.717, 1.165) is 16.4 Å². The summed E-state index contributed by atoms with van der Waals surface area (Å²) in [7, 11) is 0. The fourth-order valence-electron chi connectivity index (χ4n) is 3.47. The number of carbonyl (C=O) groups is 1. The van der Waals surface area contributed by atoms with Crippen molar-refractivity contribution in [3.8, 4) is 0 Å². The van der Waals surface area contributed by atoms with Crippen LogP contribution in [0.2, 0.25) is 5.02 Å². The summed E-state index contributed by atoms with van der Waals surface area (Å²) in [5.74, 6) is 1.11. The molecule has 3 rings (SSSR count). The lowest BCUT2D eigenvalue weighted by atomic mass is 10.0. The number of hydrogen-bond acceptors (Lipinski definition) is 2. The monoisotopic (exact) mass is 317 g/mol. The van der Waals surface area contributed by atoms with Gasteiger partial charge < -0.3 is 4.98 Å². The van der Waals surface area contributed by atoms with Crippen molar-refractivity contribution < 1.29 is 4.79 Å². The highest BCUT2D eigenvalue weighted by atomic mass is 35.5. The molecular weight excluding hydrogens is 298 g/mol. The van der Waals surface area contributed by atoms with E-state index in [1.807, 2.05) is 25.1 Å². The standard InChI is InChI=1S/C17H20ClN3O/c1-9-15(21-16(19-9)20-10(2)22)14-13(17(14,3)4)11-6-5-7-12(18)8-11/h5-8,13-14H,1-4H3,(H2,19,20,21,22). The Hall–Kier alpha value is -1.81. The fraction of sp³-hybridized carbons (Fsp3) is 0.412. The first-order valence-corrected chi connectivity index (χ1v) is 7.78. The number of aromatic amines is 1. The van der Waals surface area contributed by atoms with Crippen molar-refractivity contribution in [3.63, 3.8) is 0 Å². The van der Waals surface area contributed by atoms with Crippen LogP contribution in [-0.4, -0.2) is 15.9 Å². The van der Waals surface area contributed by atoms with Gasteiger partial charge in [-0.1, -0.05) is 37.6 Å². The van der Waals surface area contributed by atoms with E-state index < -0.39 is 0 Å². The number of imidazole rings is 1. The number of halogens is 1. The third kappa shape index (κ3) is 2.52. The molecule has 22 heavy (non-hydrogen) atoms. The van der Waals surface area contributed by atoms with Crippen molar-refractivity contribution in [2.24, 2.45) is 5.41 Å². The zero-order valence-corrected chi connectivity index (χ0v) is 14.0. The molecule has 2 unspecified atom stereocenters. The second-order valence-corrected chi connectivity index (χ2v) is 7.04. The summed E-state index contributed by atoms with van der Waals surface area (Å²) in [6.07, 6.45) is 0. The topological polar surface area (TPSA) is 57.8 Å². The van der Waals surface area contributed by atoms with E-state index in [1.54, 1.807) is 0 Å². The minimum absolute atomic E-state index is 0.123. The SMILES string of the molecule is CC(=O)Nc1nc(C2C(c3cccc(Cl)c3)C2(C)C)c(C)[nH]1. The van der Waals surface area contributed by atoms with Crippen LogP contribution in [0.25, 0.3) is 0 Å². The summed E-state index contributed by atoms with van der Waals surface area (Å²) in [5, 5.41) is 3.47. The van der Waals surface area contributed by atoms with Gasteiger partial charge >= 0.3 is 0 Å². The molecule has 2 aromatic rings. The van der Waals surface area contributed by atoms with Gasteiger partial charge in [-0.3, -0.25) is 10.1 Å². The number of amides is 1. The molecule has 0 bridgehead atoms. The van der Waals surface area contributed by atoms with Gasteiger partial charge in [0.05, 0.1) is 5.69 Å². The maximum Gasteiger partial charge on any atom is 0.223 e. The highest BCUT2D eigenvalue weighted by Crippen LogP contribution is 2.70. The number of anilines is 1. The number of H-pyrrole nitrogens is 1. The summed E-state index contributed by atoms with van der Waals surface area (Å²) in [4.78, 5) is 18.9. The largest absolute Gasteiger partial charge is 0.328 e. The lowest BCUT2D eigenvalue weighted by Crippen LogP contribution is -2.07. The zero-order chi connectivity index (χ0) is 16.1. The second-order valence-electron chi connectivity index (χ2n) is 6.61. The number of benzene rings is 1. The number of nitrogens with zero attached hydrogens (tertiary/aromatic N) is 1. The van der Waals surface area contributed by atoms with E-state index in [2.05, 4.69) is 35.2 Å². The van der Waals surface area contributed by atoms with Gasteiger partial charge in [-0.15, -0.1) is 0 Å². The van der Waals surface area contributed by atoms with Crippen molar-refractivity contribution in [3.05, 3.63) is 46.2 Å². The van der Waals surface area contributed by atoms with Crippen LogP contribution in [0.15, 0.2) is 24.3 Å². The lowest BCUT2D eigenvalue weighted by Gasteiger charge is -2.02. The van der Waals surface area contributed by atoms with Crippen LogP contribution in [0, 0.1) is 12.3 Å². The van der Waals surface area contributed by atoms with Crippen molar-refractivity contribution in [1.29, 1.82) is 0 Å². The third-order valence-electron chi connectivity index (χ3n) is 4.55. The highest BCUT2D eigenvalue weighted by molar-refractivity contribution is 6.30. The summed E-state index contributed by atoms with van der Waals surface area (Å²) < 4.78 is 0. The number of nitrogens with one attached hydrogen (secondary N) is 2. The van der Waals surface area contributed by atoms with Crippen LogP contribution >= 0.6 is 11.6 Å². The van der Waals surface area contributed by atoms with Crippen LogP contribution in [0.1, 0.15) is 49.6 Å². The normalized spacial score (nSPS) is 22.4. The lowest BCUT2D eigenvalue weighted by molar-refractivity contribution is -0.114. The first-order valence-electron chi connectivity index (χ1n) is 7.40. The smallest absolute Gasteiger partial charge is 0.223 e. The number of carbonyl (C=O) groups excluding carboxylic acids is 1. The molecule has 0 saturated heterocycles. The van der Waals surface area contributed by atoms with Crippen LogP contribution in [-0.2, 0) is 4.79 Å². The summed E-state index contributed by atoms with van der Waals surface area (Å²) >= 11 is 6.13. The van der Waals surface area contributed by atoms with Crippen LogP contribution < -0.4 is 5.32 Å². The predicted molar refractivity (Wildman–Crippen MR) is 88.3 cm³/mol. The Bertz CT molecular complexity index is 735. The maximum atomic E-state index is 11.2. The van der Waals surface area contributed by atoms with Gasteiger partial charge in [-0.2, -0.15) is 0 Å². The molecule has 5 heteroatoms. The molecule has 1 aliphatic rings. The van der Waals surface area contributed by atoms with E-state index in [0.29, 0.717) is 17.8 Å². The van der Waals surface area contributed by atoms with E-state index in [-0.39, 0.29) is 11.3 Å². The Balaban J connectivity index is 1.92. The molecule has 1 aliphatic carbocycles. The number of rotatable bonds is 3. The molecule has 0 aliphatic heterocycles. The summed E-state index contributed by atoms with van der Waals surface area (Å²) in [6.45, 7) is 7.97. The molecule has 1 aromatic heterocycles. The van der Waals surface area contributed by atoms with Gasteiger partial charge in [0.2, 0.25) is 11.9 Å². The molecule has 1 amide bonds. The van der Waals surface area contributed by atoms with Crippen molar-refractivity contribution in [2.45, 2.75) is 39.5 Å². The molecular formula is C17H20ClN3O. The van der Waals surface area contributed by atoms with Crippen LogP contribution in [0.3, 0.4) is 0 Å². The van der Waals surface area contributed by atoms with Gasteiger partial charge in [0.15, 0.2) is 0 Å². The Morgan fingerprint density at radius 1 is 1.36 bits per heavy atom. The van der Waals surface area contributed by atoms with Gasteiger partial charge in [-0.25, -0.2) is 4.98 Å². The number of hydrogen-bond donors (Lipinski definition) is 2. The Morgan fingerprint density at radius 3 is 2.73 bits per heavy atom. The van der Waals surface area contributed by atoms with Crippen molar-refractivity contribution in [1.82, 2.24) is 9.97 Å².